The number of H-pyrrole nitrogens is 1. The van der Waals surface area contributed by atoms with Crippen molar-refractivity contribution in [2.75, 3.05) is 44.7 Å². The zero-order chi connectivity index (χ0) is 74.1. The molecular formula is C65H105N21O13S. The van der Waals surface area contributed by atoms with Crippen LogP contribution in [0.25, 0.3) is 10.9 Å². The van der Waals surface area contributed by atoms with E-state index in [1.165, 1.54) is 11.8 Å². The summed E-state index contributed by atoms with van der Waals surface area (Å²) in [6.07, 6.45) is 4.24. The Morgan fingerprint density at radius 2 is 0.820 bits per heavy atom. The number of aliphatic carboxylic acids is 1. The van der Waals surface area contributed by atoms with Gasteiger partial charge in [-0.1, -0.05) is 55.5 Å². The molecule has 10 atom stereocenters. The molecule has 0 bridgehead atoms. The number of para-hydroxylation sites is 1. The van der Waals surface area contributed by atoms with E-state index >= 15 is 0 Å². The van der Waals surface area contributed by atoms with E-state index in [4.69, 9.17) is 51.6 Å². The largest absolute Gasteiger partial charge is 0.480 e. The summed E-state index contributed by atoms with van der Waals surface area (Å²) in [6, 6.07) is 3.15. The minimum atomic E-state index is -1.79. The molecule has 0 saturated heterocycles. The number of amides is 11. The van der Waals surface area contributed by atoms with Crippen molar-refractivity contribution in [2.24, 2.45) is 67.5 Å². The number of carboxylic acid groups (broad SMARTS) is 1. The lowest BCUT2D eigenvalue weighted by Crippen LogP contribution is -2.61. The number of hydrogen-bond donors (Lipinski definition) is 20. The van der Waals surface area contributed by atoms with E-state index in [9.17, 15) is 62.6 Å². The fourth-order valence-electron chi connectivity index (χ4n) is 10.6. The van der Waals surface area contributed by atoms with Crippen LogP contribution in [0.5, 0.6) is 0 Å². The van der Waals surface area contributed by atoms with Crippen molar-refractivity contribution in [1.29, 1.82) is 0 Å². The molecule has 1 aromatic heterocycles. The lowest BCUT2D eigenvalue weighted by molar-refractivity contribution is -0.142. The normalized spacial score (nSPS) is 14.1. The van der Waals surface area contributed by atoms with Gasteiger partial charge in [0.25, 0.3) is 0 Å². The molecule has 0 fully saturated rings. The first kappa shape index (κ1) is 84.6. The van der Waals surface area contributed by atoms with Gasteiger partial charge in [0.05, 0.1) is 6.42 Å². The highest BCUT2D eigenvalue weighted by Crippen LogP contribution is 2.21. The quantitative estimate of drug-likeness (QED) is 0.0148. The molecule has 29 N–H and O–H groups in total. The van der Waals surface area contributed by atoms with Gasteiger partial charge in [-0.3, -0.25) is 62.7 Å². The molecule has 100 heavy (non-hydrogen) atoms. The van der Waals surface area contributed by atoms with Gasteiger partial charge >= 0.3 is 5.97 Å². The number of nitrogens with one attached hydrogen (secondary N) is 10. The molecule has 0 aliphatic heterocycles. The predicted molar refractivity (Wildman–Crippen MR) is 380 cm³/mol. The summed E-state index contributed by atoms with van der Waals surface area (Å²) in [6.45, 7) is 2.30. The van der Waals surface area contributed by atoms with Gasteiger partial charge in [-0.15, -0.1) is 0 Å². The van der Waals surface area contributed by atoms with E-state index in [-0.39, 0.29) is 121 Å². The van der Waals surface area contributed by atoms with Crippen molar-refractivity contribution in [1.82, 2.24) is 52.8 Å². The van der Waals surface area contributed by atoms with Gasteiger partial charge in [0, 0.05) is 48.9 Å². The smallest absolute Gasteiger partial charge is 0.326 e. The van der Waals surface area contributed by atoms with E-state index in [1.807, 2.05) is 24.3 Å². The zero-order valence-corrected chi connectivity index (χ0v) is 57.9. The third-order valence-electron chi connectivity index (χ3n) is 16.0. The molecule has 35 heteroatoms. The SMILES string of the molecule is CSCC[C@H](NC(=O)[C@H](CCCN=C(N)N)NC(=O)[C@H](CCCN=C(N)N)NC(=O)[C@H](CC(N)=O)NC(=O)[C@H](CCC(N)=O)NC(=O)[C@@H](C)Cc1ccccc1)C(=O)N[C@@H](CCCCN)C(=O)N[C@@H](Cc1c[nH]c2ccccc12)C(=O)N[C@@H](CCCCN)C(=O)N[C@@H](CCCCN)C(=O)O. The molecule has 0 unspecified atom stereocenters. The highest BCUT2D eigenvalue weighted by molar-refractivity contribution is 7.98. The van der Waals surface area contributed by atoms with Crippen LogP contribution in [0.1, 0.15) is 127 Å². The summed E-state index contributed by atoms with van der Waals surface area (Å²) in [5, 5.41) is 34.5. The summed E-state index contributed by atoms with van der Waals surface area (Å²) in [5.74, 6) is -12.0. The first-order valence-corrected chi connectivity index (χ1v) is 34.9. The fourth-order valence-corrected chi connectivity index (χ4v) is 11.0. The zero-order valence-electron chi connectivity index (χ0n) is 57.1. The van der Waals surface area contributed by atoms with E-state index in [0.717, 1.165) is 16.5 Å². The number of hydrogen-bond acceptors (Lipinski definition) is 18. The van der Waals surface area contributed by atoms with Crippen molar-refractivity contribution in [3.8, 4) is 0 Å². The lowest BCUT2D eigenvalue weighted by Gasteiger charge is -2.28. The highest BCUT2D eigenvalue weighted by Gasteiger charge is 2.37. The van der Waals surface area contributed by atoms with Gasteiger partial charge in [-0.05, 0) is 152 Å². The van der Waals surface area contributed by atoms with Crippen LogP contribution in [0.2, 0.25) is 0 Å². The molecule has 3 rings (SSSR count). The topological polar surface area (TPSA) is 608 Å². The maximum absolute atomic E-state index is 14.8. The molecular weight excluding hydrogens is 1310 g/mol. The summed E-state index contributed by atoms with van der Waals surface area (Å²) in [4.78, 5) is 177. The minimum absolute atomic E-state index is 0.0190. The Morgan fingerprint density at radius 3 is 1.26 bits per heavy atom. The van der Waals surface area contributed by atoms with Crippen molar-refractivity contribution in [3.05, 3.63) is 71.9 Å². The first-order chi connectivity index (χ1) is 47.7. The van der Waals surface area contributed by atoms with E-state index < -0.39 is 138 Å². The van der Waals surface area contributed by atoms with Crippen LogP contribution in [0.15, 0.2) is 70.8 Å². The van der Waals surface area contributed by atoms with E-state index in [2.05, 4.69) is 62.8 Å². The molecule has 0 spiro atoms. The van der Waals surface area contributed by atoms with Gasteiger partial charge in [-0.25, -0.2) is 4.79 Å². The molecule has 0 aliphatic rings. The standard InChI is InChI=1S/C65H105N21O13S/c1-38(34-39-16-4-3-5-17-39)54(89)78-47(25-26-52(69)87)59(94)86-51(36-53(70)88)62(97)82-46(24-15-32-76-65(73)74)55(90)80-45(23-14-31-75-64(71)72)56(91)83-48(27-33-100-2)60(95)79-44(21-9-12-29-67)58(93)85-50(35-40-37-77-42-19-7-6-18-41(40)42)61(96)81-43(20-8-11-28-66)57(92)84-49(63(98)99)22-10-13-30-68/h3-7,16-19,37-38,43-51,77H,8-15,20-36,66-68H2,1-2H3,(H2,69,87)(H2,70,88)(H,78,89)(H,79,95)(H,80,90)(H,81,96)(H,82,97)(H,83,91)(H,84,92)(H,85,93)(H,86,94)(H,98,99)(H4,71,72,75)(H4,73,74,76)/t38-,43-,44-,45-,46-,47-,48-,49-,50-,51-/m0/s1. The molecule has 2 aromatic carbocycles. The molecule has 0 aliphatic carbocycles. The molecule has 0 radical (unpaired) electrons. The number of guanidine groups is 2. The minimum Gasteiger partial charge on any atom is -0.480 e. The number of fused-ring (bicyclic) bond motifs is 1. The maximum atomic E-state index is 14.8. The third kappa shape index (κ3) is 32.4. The van der Waals surface area contributed by atoms with Crippen molar-refractivity contribution >= 4 is 106 Å². The number of rotatable bonds is 51. The maximum Gasteiger partial charge on any atom is 0.326 e. The number of carbonyl (C=O) groups is 12. The number of carbonyl (C=O) groups excluding carboxylic acids is 11. The highest BCUT2D eigenvalue weighted by atomic mass is 32.2. The van der Waals surface area contributed by atoms with Crippen LogP contribution in [0.3, 0.4) is 0 Å². The fraction of sp³-hybridized carbons (Fsp3) is 0.569. The van der Waals surface area contributed by atoms with Gasteiger partial charge in [0.15, 0.2) is 11.9 Å². The number of benzene rings is 2. The summed E-state index contributed by atoms with van der Waals surface area (Å²) >= 11 is 1.32. The summed E-state index contributed by atoms with van der Waals surface area (Å²) in [5.41, 5.74) is 52.8. The van der Waals surface area contributed by atoms with Crippen LogP contribution < -0.4 is 99.5 Å². The first-order valence-electron chi connectivity index (χ1n) is 33.5. The molecule has 554 valence electrons. The second-order valence-corrected chi connectivity index (χ2v) is 25.2. The average Bonchev–Trinajstić information content (AvgIpc) is 1.62. The summed E-state index contributed by atoms with van der Waals surface area (Å²) < 4.78 is 0. The number of aliphatic imine (C=N–C) groups is 2. The number of aromatic nitrogens is 1. The Kier molecular flexibility index (Phi) is 39.5. The lowest BCUT2D eigenvalue weighted by atomic mass is 9.99. The van der Waals surface area contributed by atoms with Gasteiger partial charge in [0.2, 0.25) is 65.0 Å². The summed E-state index contributed by atoms with van der Waals surface area (Å²) in [7, 11) is 0. The number of nitrogens with zero attached hydrogens (tertiary/aromatic N) is 2. The molecule has 1 heterocycles. The molecule has 0 saturated carbocycles. The van der Waals surface area contributed by atoms with Gasteiger partial charge < -0.3 is 110 Å². The van der Waals surface area contributed by atoms with E-state index in [1.54, 1.807) is 49.7 Å². The Hall–Kier alpha value is -9.61. The van der Waals surface area contributed by atoms with Crippen molar-refractivity contribution in [3.63, 3.8) is 0 Å². The Bertz CT molecular complexity index is 3200. The van der Waals surface area contributed by atoms with Crippen LogP contribution in [0, 0.1) is 5.92 Å². The van der Waals surface area contributed by atoms with Crippen LogP contribution in [0.4, 0.5) is 0 Å². The molecule has 3 aromatic rings. The number of primary amides is 2. The number of aromatic amines is 1. The second-order valence-electron chi connectivity index (χ2n) is 24.3. The van der Waals surface area contributed by atoms with Crippen LogP contribution >= 0.6 is 11.8 Å². The predicted octanol–water partition coefficient (Wildman–Crippen LogP) is -3.57. The molecule has 11 amide bonds. The van der Waals surface area contributed by atoms with E-state index in [0.29, 0.717) is 50.6 Å². The number of carboxylic acids is 1. The van der Waals surface area contributed by atoms with Gasteiger partial charge in [-0.2, -0.15) is 11.8 Å². The number of nitrogens with two attached hydrogens (primary N) is 9. The number of unbranched alkanes of at least 4 members (excludes halogenated alkanes) is 3. The number of thioether (sulfide) groups is 1. The molecule has 34 nitrogen and oxygen atoms in total. The Balaban J connectivity index is 2.03. The van der Waals surface area contributed by atoms with Crippen LogP contribution in [-0.4, -0.2) is 192 Å². The average molecular weight is 1420 g/mol. The van der Waals surface area contributed by atoms with Crippen molar-refractivity contribution < 1.29 is 62.6 Å². The monoisotopic (exact) mass is 1420 g/mol. The van der Waals surface area contributed by atoms with Crippen LogP contribution in [-0.2, 0) is 70.4 Å². The Labute approximate surface area is 586 Å². The van der Waals surface area contributed by atoms with Gasteiger partial charge in [0.1, 0.15) is 54.4 Å². The second kappa shape index (κ2) is 46.6. The van der Waals surface area contributed by atoms with Crippen molar-refractivity contribution in [2.45, 2.75) is 183 Å². The third-order valence-corrected chi connectivity index (χ3v) is 16.7. The Morgan fingerprint density at radius 1 is 0.440 bits per heavy atom.